The first-order valence-electron chi connectivity index (χ1n) is 20.3. The van der Waals surface area contributed by atoms with E-state index in [1.54, 1.807) is 0 Å². The third kappa shape index (κ3) is 5.88. The molecule has 2 heteroatoms. The van der Waals surface area contributed by atoms with Crippen LogP contribution in [-0.2, 0) is 6.42 Å². The van der Waals surface area contributed by atoms with Gasteiger partial charge in [0.2, 0.25) is 0 Å². The van der Waals surface area contributed by atoms with E-state index >= 15 is 0 Å². The van der Waals surface area contributed by atoms with Gasteiger partial charge in [-0.3, -0.25) is 0 Å². The van der Waals surface area contributed by atoms with Gasteiger partial charge >= 0.3 is 0 Å². The summed E-state index contributed by atoms with van der Waals surface area (Å²) in [6.07, 6.45) is 0.969. The number of nitrogens with zero attached hydrogens (tertiary/aromatic N) is 1. The molecule has 0 N–H and O–H groups in total. The molecule has 0 bridgehead atoms. The second-order valence-electron chi connectivity index (χ2n) is 15.7. The minimum absolute atomic E-state index is 0.365. The molecule has 9 aromatic carbocycles. The van der Waals surface area contributed by atoms with Gasteiger partial charge in [0.1, 0.15) is 11.5 Å². The third-order valence-corrected chi connectivity index (χ3v) is 12.3. The van der Waals surface area contributed by atoms with Crippen molar-refractivity contribution in [3.8, 4) is 56.0 Å². The lowest BCUT2D eigenvalue weighted by atomic mass is 9.80. The summed E-state index contributed by atoms with van der Waals surface area (Å²) in [4.78, 5) is 2.37. The van der Waals surface area contributed by atoms with Gasteiger partial charge in [0, 0.05) is 34.1 Å². The lowest BCUT2D eigenvalue weighted by Crippen LogP contribution is -2.11. The number of fused-ring (bicyclic) bond motifs is 5. The van der Waals surface area contributed by atoms with Crippen molar-refractivity contribution in [3.63, 3.8) is 0 Å². The van der Waals surface area contributed by atoms with Gasteiger partial charge in [-0.15, -0.1) is 0 Å². The van der Waals surface area contributed by atoms with Crippen LogP contribution >= 0.6 is 0 Å². The fraction of sp³-hybridized carbons (Fsp3) is 0.0714. The van der Waals surface area contributed by atoms with Gasteiger partial charge in [0.05, 0.1) is 0 Å². The number of anilines is 3. The molecule has 0 saturated carbocycles. The van der Waals surface area contributed by atoms with E-state index < -0.39 is 0 Å². The summed E-state index contributed by atoms with van der Waals surface area (Å²) in [5, 5.41) is 2.35. The summed E-state index contributed by atoms with van der Waals surface area (Å²) < 4.78 is 6.71. The number of hydrogen-bond donors (Lipinski definition) is 0. The van der Waals surface area contributed by atoms with Crippen molar-refractivity contribution in [1.82, 2.24) is 0 Å². The van der Waals surface area contributed by atoms with E-state index in [2.05, 4.69) is 218 Å². The molecule has 1 aliphatic heterocycles. The lowest BCUT2D eigenvalue weighted by Gasteiger charge is -2.29. The first-order chi connectivity index (χ1) is 28.7. The van der Waals surface area contributed by atoms with Crippen molar-refractivity contribution < 1.29 is 4.74 Å². The van der Waals surface area contributed by atoms with Gasteiger partial charge in [-0.25, -0.2) is 0 Å². The summed E-state index contributed by atoms with van der Waals surface area (Å²) in [5.41, 5.74) is 17.1. The number of para-hydroxylation sites is 1. The maximum absolute atomic E-state index is 6.71. The van der Waals surface area contributed by atoms with E-state index in [9.17, 15) is 0 Å². The Kier molecular flexibility index (Phi) is 8.29. The van der Waals surface area contributed by atoms with Crippen LogP contribution in [0.4, 0.5) is 17.1 Å². The van der Waals surface area contributed by atoms with E-state index in [1.807, 2.05) is 0 Å². The largest absolute Gasteiger partial charge is 0.456 e. The second-order valence-corrected chi connectivity index (χ2v) is 15.7. The summed E-state index contributed by atoms with van der Waals surface area (Å²) in [6, 6.07) is 75.3. The van der Waals surface area contributed by atoms with E-state index in [4.69, 9.17) is 4.74 Å². The number of hydrogen-bond acceptors (Lipinski definition) is 2. The number of ether oxygens (including phenoxy) is 1. The van der Waals surface area contributed by atoms with Crippen LogP contribution in [0.3, 0.4) is 0 Å². The fourth-order valence-corrected chi connectivity index (χ4v) is 9.50. The van der Waals surface area contributed by atoms with Crippen molar-refractivity contribution in [2.45, 2.75) is 25.2 Å². The van der Waals surface area contributed by atoms with Crippen LogP contribution in [0.15, 0.2) is 206 Å². The van der Waals surface area contributed by atoms with Crippen LogP contribution in [0.25, 0.3) is 55.3 Å². The van der Waals surface area contributed by atoms with Gasteiger partial charge in [0.25, 0.3) is 0 Å². The monoisotopic (exact) mass is 743 g/mol. The zero-order chi connectivity index (χ0) is 38.6. The molecule has 11 rings (SSSR count). The molecule has 2 atom stereocenters. The highest BCUT2D eigenvalue weighted by Gasteiger charge is 2.29. The first-order valence-corrected chi connectivity index (χ1v) is 20.3. The van der Waals surface area contributed by atoms with Crippen molar-refractivity contribution in [2.75, 3.05) is 4.90 Å². The minimum atomic E-state index is 0.365. The highest BCUT2D eigenvalue weighted by atomic mass is 16.5. The zero-order valence-electron chi connectivity index (χ0n) is 32.3. The smallest absolute Gasteiger partial charge is 0.137 e. The number of rotatable bonds is 6. The maximum atomic E-state index is 6.71. The van der Waals surface area contributed by atoms with E-state index in [0.29, 0.717) is 11.8 Å². The molecule has 2 unspecified atom stereocenters. The summed E-state index contributed by atoms with van der Waals surface area (Å²) >= 11 is 0. The van der Waals surface area contributed by atoms with Crippen LogP contribution < -0.4 is 9.64 Å². The molecule has 0 spiro atoms. The van der Waals surface area contributed by atoms with Gasteiger partial charge in [-0.2, -0.15) is 0 Å². The van der Waals surface area contributed by atoms with Crippen molar-refractivity contribution in [3.05, 3.63) is 223 Å². The standard InChI is InChI=1S/C56H41NO/c1-37-48-23-11-12-24-50(48)49-29-27-41(31-44(49)35-53(37)39-17-7-3-8-18-39)43-32-42(38-15-5-2-6-16-38)33-47(34-43)57(45-21-9-4-10-22-45)46-28-30-51-52-25-13-19-40-20-14-26-54(56(40)52)58-55(51)36-46/h2-34,36-37,53H,35H2,1H3. The molecule has 9 aromatic rings. The van der Waals surface area contributed by atoms with Gasteiger partial charge < -0.3 is 9.64 Å². The Balaban J connectivity index is 1.08. The average molecular weight is 744 g/mol. The zero-order valence-corrected chi connectivity index (χ0v) is 32.3. The van der Waals surface area contributed by atoms with E-state index in [0.717, 1.165) is 40.5 Å². The predicted octanol–water partition coefficient (Wildman–Crippen LogP) is 15.5. The van der Waals surface area contributed by atoms with Crippen molar-refractivity contribution in [2.24, 2.45) is 0 Å². The fourth-order valence-electron chi connectivity index (χ4n) is 9.50. The predicted molar refractivity (Wildman–Crippen MR) is 242 cm³/mol. The van der Waals surface area contributed by atoms with Gasteiger partial charge in [-0.05, 0) is 128 Å². The first kappa shape index (κ1) is 34.1. The minimum Gasteiger partial charge on any atom is -0.456 e. The lowest BCUT2D eigenvalue weighted by molar-refractivity contribution is 0.487. The van der Waals surface area contributed by atoms with E-state index in [-0.39, 0.29) is 0 Å². The highest BCUT2D eigenvalue weighted by molar-refractivity contribution is 6.04. The summed E-state index contributed by atoms with van der Waals surface area (Å²) in [7, 11) is 0. The van der Waals surface area contributed by atoms with Crippen molar-refractivity contribution in [1.29, 1.82) is 0 Å². The third-order valence-electron chi connectivity index (χ3n) is 12.3. The molecule has 2 aliphatic rings. The molecule has 276 valence electrons. The Morgan fingerprint density at radius 1 is 0.431 bits per heavy atom. The van der Waals surface area contributed by atoms with Crippen LogP contribution in [-0.4, -0.2) is 0 Å². The molecular formula is C56H41NO. The van der Waals surface area contributed by atoms with Crippen LogP contribution in [0.5, 0.6) is 11.5 Å². The molecule has 0 radical (unpaired) electrons. The van der Waals surface area contributed by atoms with Crippen LogP contribution in [0.2, 0.25) is 0 Å². The SMILES string of the molecule is CC1c2ccccc2-c2ccc(-c3cc(-c4ccccc4)cc(N(c4ccccc4)c4ccc5c(c4)Oc4cccc6cccc-5c46)c3)cc2CC1c1ccccc1. The normalized spacial score (nSPS) is 15.1. The maximum Gasteiger partial charge on any atom is 0.137 e. The van der Waals surface area contributed by atoms with Gasteiger partial charge in [-0.1, -0.05) is 159 Å². The molecule has 1 heterocycles. The Labute approximate surface area is 340 Å². The molecule has 0 saturated heterocycles. The molecule has 2 nitrogen and oxygen atoms in total. The Morgan fingerprint density at radius 2 is 1.10 bits per heavy atom. The summed E-state index contributed by atoms with van der Waals surface area (Å²) in [6.45, 7) is 2.40. The molecule has 1 aliphatic carbocycles. The van der Waals surface area contributed by atoms with E-state index in [1.165, 1.54) is 66.4 Å². The molecule has 0 fully saturated rings. The molecule has 0 amide bonds. The van der Waals surface area contributed by atoms with Gasteiger partial charge in [0.15, 0.2) is 0 Å². The molecular weight excluding hydrogens is 703 g/mol. The van der Waals surface area contributed by atoms with Crippen LogP contribution in [0, 0.1) is 0 Å². The quantitative estimate of drug-likeness (QED) is 0.168. The Morgan fingerprint density at radius 3 is 1.91 bits per heavy atom. The van der Waals surface area contributed by atoms with Crippen LogP contribution in [0.1, 0.15) is 35.4 Å². The second kappa shape index (κ2) is 14.1. The van der Waals surface area contributed by atoms with Crippen molar-refractivity contribution >= 4 is 27.8 Å². The molecule has 58 heavy (non-hydrogen) atoms. The Bertz CT molecular complexity index is 2970. The Hall–Kier alpha value is -7.16. The molecule has 0 aromatic heterocycles. The number of benzene rings is 9. The highest BCUT2D eigenvalue weighted by Crippen LogP contribution is 2.50. The summed E-state index contributed by atoms with van der Waals surface area (Å²) in [5.74, 6) is 2.50. The average Bonchev–Trinajstić information content (AvgIpc) is 3.41. The topological polar surface area (TPSA) is 12.5 Å².